The Kier molecular flexibility index (Phi) is 5.75. The van der Waals surface area contributed by atoms with Gasteiger partial charge in [0.2, 0.25) is 11.8 Å². The summed E-state index contributed by atoms with van der Waals surface area (Å²) in [5, 5.41) is 0. The number of nitrogens with zero attached hydrogens (tertiary/aromatic N) is 2. The van der Waals surface area contributed by atoms with Gasteiger partial charge in [0.1, 0.15) is 0 Å². The minimum absolute atomic E-state index is 0.0472. The molecule has 3 heterocycles. The largest absolute Gasteiger partial charge is 0.345 e. The number of ether oxygens (including phenoxy) is 2. The van der Waals surface area contributed by atoms with E-state index in [2.05, 4.69) is 12.1 Å². The van der Waals surface area contributed by atoms with E-state index in [1.54, 1.807) is 0 Å². The van der Waals surface area contributed by atoms with Crippen molar-refractivity contribution in [3.8, 4) is 0 Å². The van der Waals surface area contributed by atoms with Gasteiger partial charge in [-0.3, -0.25) is 9.59 Å². The highest BCUT2D eigenvalue weighted by Gasteiger charge is 2.75. The summed E-state index contributed by atoms with van der Waals surface area (Å²) in [5.74, 6) is -0.902. The van der Waals surface area contributed by atoms with Crippen LogP contribution in [-0.4, -0.2) is 29.8 Å². The third kappa shape index (κ3) is 3.66. The van der Waals surface area contributed by atoms with Crippen LogP contribution in [0.4, 0.5) is 11.4 Å². The zero-order chi connectivity index (χ0) is 29.4. The third-order valence-electron chi connectivity index (χ3n) is 9.93. The van der Waals surface area contributed by atoms with Crippen molar-refractivity contribution in [3.05, 3.63) is 131 Å². The molecule has 1 aliphatic carbocycles. The maximum Gasteiger partial charge on any atom is 0.239 e. The van der Waals surface area contributed by atoms with Gasteiger partial charge in [0.25, 0.3) is 0 Å². The lowest BCUT2D eigenvalue weighted by atomic mass is 9.50. The van der Waals surface area contributed by atoms with Crippen molar-refractivity contribution in [1.82, 2.24) is 0 Å². The van der Waals surface area contributed by atoms with Crippen LogP contribution in [0.1, 0.15) is 48.9 Å². The SMILES string of the molecule is CC1(C)O[C@H]2C[C@]3(C(=O)N(Cc4ccccc4)c4ccccc43)[C@]3(C[C@@H]2O1)C(=O)N(Cc1ccccc1)c1ccccc13. The lowest BCUT2D eigenvalue weighted by molar-refractivity contribution is -0.146. The number of hydrogen-bond acceptors (Lipinski definition) is 4. The Morgan fingerprint density at radius 3 is 1.37 bits per heavy atom. The van der Waals surface area contributed by atoms with Crippen LogP contribution in [0.2, 0.25) is 0 Å². The normalized spacial score (nSPS) is 28.4. The quantitative estimate of drug-likeness (QED) is 0.290. The molecule has 4 aromatic carbocycles. The van der Waals surface area contributed by atoms with E-state index < -0.39 is 16.6 Å². The minimum atomic E-state index is -1.16. The lowest BCUT2D eigenvalue weighted by Gasteiger charge is -2.50. The van der Waals surface area contributed by atoms with Crippen molar-refractivity contribution in [1.29, 1.82) is 0 Å². The maximum absolute atomic E-state index is 15.3. The van der Waals surface area contributed by atoms with Crippen LogP contribution in [0.25, 0.3) is 0 Å². The van der Waals surface area contributed by atoms with Gasteiger partial charge in [-0.15, -0.1) is 0 Å². The Labute approximate surface area is 251 Å². The number of para-hydroxylation sites is 2. The topological polar surface area (TPSA) is 59.1 Å². The molecule has 6 nitrogen and oxygen atoms in total. The van der Waals surface area contributed by atoms with Crippen molar-refractivity contribution in [2.24, 2.45) is 0 Å². The Bertz CT molecular complexity index is 1610. The van der Waals surface area contributed by atoms with E-state index >= 15 is 9.59 Å². The molecular weight excluding hydrogens is 536 g/mol. The van der Waals surface area contributed by atoms with E-state index in [9.17, 15) is 0 Å². The first-order chi connectivity index (χ1) is 20.8. The zero-order valence-corrected chi connectivity index (χ0v) is 24.4. The number of rotatable bonds is 4. The molecule has 4 aliphatic rings. The Balaban J connectivity index is 1.36. The predicted molar refractivity (Wildman–Crippen MR) is 165 cm³/mol. The van der Waals surface area contributed by atoms with Gasteiger partial charge < -0.3 is 19.3 Å². The van der Waals surface area contributed by atoms with Gasteiger partial charge in [-0.2, -0.15) is 0 Å². The minimum Gasteiger partial charge on any atom is -0.345 e. The average Bonchev–Trinajstić information content (AvgIpc) is 3.54. The third-order valence-corrected chi connectivity index (χ3v) is 9.93. The molecule has 2 spiro atoms. The van der Waals surface area contributed by atoms with E-state index in [0.717, 1.165) is 33.6 Å². The number of carbonyl (C=O) groups excluding carboxylic acids is 2. The summed E-state index contributed by atoms with van der Waals surface area (Å²) in [6, 6.07) is 36.2. The van der Waals surface area contributed by atoms with Crippen molar-refractivity contribution in [2.75, 3.05) is 9.80 Å². The molecule has 3 aliphatic heterocycles. The zero-order valence-electron chi connectivity index (χ0n) is 24.4. The second kappa shape index (κ2) is 9.37. The van der Waals surface area contributed by atoms with Gasteiger partial charge in [-0.05, 0) is 61.1 Å². The van der Waals surface area contributed by atoms with E-state index in [1.165, 1.54) is 0 Å². The molecule has 0 N–H and O–H groups in total. The second-order valence-electron chi connectivity index (χ2n) is 12.7. The van der Waals surface area contributed by atoms with Gasteiger partial charge in [0, 0.05) is 11.4 Å². The summed E-state index contributed by atoms with van der Waals surface area (Å²) >= 11 is 0. The molecule has 2 fully saturated rings. The summed E-state index contributed by atoms with van der Waals surface area (Å²) in [7, 11) is 0. The average molecular weight is 571 g/mol. The Morgan fingerprint density at radius 2 is 0.953 bits per heavy atom. The smallest absolute Gasteiger partial charge is 0.239 e. The van der Waals surface area contributed by atoms with Gasteiger partial charge in [-0.1, -0.05) is 97.1 Å². The number of benzene rings is 4. The van der Waals surface area contributed by atoms with E-state index in [0.29, 0.717) is 25.9 Å². The maximum atomic E-state index is 15.3. The summed E-state index contributed by atoms with van der Waals surface area (Å²) in [4.78, 5) is 34.5. The van der Waals surface area contributed by atoms with Crippen molar-refractivity contribution in [3.63, 3.8) is 0 Å². The number of amides is 2. The molecule has 8 rings (SSSR count). The van der Waals surface area contributed by atoms with Crippen molar-refractivity contribution >= 4 is 23.2 Å². The Morgan fingerprint density at radius 1 is 0.581 bits per heavy atom. The van der Waals surface area contributed by atoms with Gasteiger partial charge in [0.05, 0.1) is 36.1 Å². The molecule has 1 saturated heterocycles. The van der Waals surface area contributed by atoms with Crippen LogP contribution in [0.15, 0.2) is 109 Å². The first-order valence-electron chi connectivity index (χ1n) is 15.1. The van der Waals surface area contributed by atoms with E-state index in [1.807, 2.05) is 121 Å². The number of hydrogen-bond donors (Lipinski definition) is 0. The molecule has 4 aromatic rings. The molecular formula is C37H34N2O4. The molecule has 0 unspecified atom stereocenters. The molecule has 6 heteroatoms. The summed E-state index contributed by atoms with van der Waals surface area (Å²) < 4.78 is 13.0. The van der Waals surface area contributed by atoms with Crippen molar-refractivity contribution < 1.29 is 19.1 Å². The van der Waals surface area contributed by atoms with Gasteiger partial charge in [-0.25, -0.2) is 0 Å². The lowest BCUT2D eigenvalue weighted by Crippen LogP contribution is -2.65. The monoisotopic (exact) mass is 570 g/mol. The molecule has 43 heavy (non-hydrogen) atoms. The molecule has 0 radical (unpaired) electrons. The first kappa shape index (κ1) is 26.4. The van der Waals surface area contributed by atoms with E-state index in [-0.39, 0.29) is 24.0 Å². The van der Waals surface area contributed by atoms with Crippen LogP contribution < -0.4 is 9.80 Å². The number of anilines is 2. The van der Waals surface area contributed by atoms with Crippen LogP contribution in [0, 0.1) is 0 Å². The van der Waals surface area contributed by atoms with Crippen LogP contribution >= 0.6 is 0 Å². The number of carbonyl (C=O) groups is 2. The molecule has 4 atom stereocenters. The molecule has 2 amide bonds. The molecule has 0 aromatic heterocycles. The van der Waals surface area contributed by atoms with Crippen LogP contribution in [-0.2, 0) is 43.0 Å². The second-order valence-corrected chi connectivity index (χ2v) is 12.7. The fraction of sp³-hybridized carbons (Fsp3) is 0.297. The van der Waals surface area contributed by atoms with Crippen molar-refractivity contribution in [2.45, 2.75) is 68.6 Å². The summed E-state index contributed by atoms with van der Waals surface area (Å²) in [6.45, 7) is 4.69. The highest BCUT2D eigenvalue weighted by molar-refractivity contribution is 6.19. The first-order valence-corrected chi connectivity index (χ1v) is 15.1. The molecule has 0 bridgehead atoms. The Hall–Kier alpha value is -4.26. The molecule has 216 valence electrons. The fourth-order valence-electron chi connectivity index (χ4n) is 8.32. The summed E-state index contributed by atoms with van der Waals surface area (Å²) in [5.41, 5.74) is 3.26. The standard InChI is InChI=1S/C37H34N2O4/c1-35(2)42-31-21-36(27-17-9-11-19-29(27)38(33(36)40)23-25-13-5-3-6-14-25)37(22-32(31)43-35)28-18-10-12-20-30(28)39(34(37)41)24-26-15-7-4-8-16-26/h3-20,31-32H,21-24H2,1-2H3/t31-,32-,36-,37-/m0/s1. The van der Waals surface area contributed by atoms with Gasteiger partial charge >= 0.3 is 0 Å². The fourth-order valence-corrected chi connectivity index (χ4v) is 8.32. The number of fused-ring (bicyclic) bond motifs is 6. The van der Waals surface area contributed by atoms with Crippen LogP contribution in [0.3, 0.4) is 0 Å². The molecule has 1 saturated carbocycles. The predicted octanol–water partition coefficient (Wildman–Crippen LogP) is 6.27. The highest BCUT2D eigenvalue weighted by atomic mass is 16.8. The summed E-state index contributed by atoms with van der Waals surface area (Å²) in [6.07, 6.45) is 0.0815. The highest BCUT2D eigenvalue weighted by Crippen LogP contribution is 2.66. The van der Waals surface area contributed by atoms with Crippen LogP contribution in [0.5, 0.6) is 0 Å². The van der Waals surface area contributed by atoms with Gasteiger partial charge in [0.15, 0.2) is 5.79 Å². The van der Waals surface area contributed by atoms with E-state index in [4.69, 9.17) is 9.47 Å².